The normalized spacial score (nSPS) is 24.7. The van der Waals surface area contributed by atoms with E-state index in [4.69, 9.17) is 10.2 Å². The van der Waals surface area contributed by atoms with Crippen molar-refractivity contribution in [3.05, 3.63) is 0 Å². The molecule has 2 nitrogen and oxygen atoms in total. The van der Waals surface area contributed by atoms with E-state index in [0.717, 1.165) is 0 Å². The summed E-state index contributed by atoms with van der Waals surface area (Å²) >= 11 is 0. The average molecular weight is 150 g/mol. The van der Waals surface area contributed by atoms with Gasteiger partial charge in [0.15, 0.2) is 0 Å². The number of hydrogen-bond donors (Lipinski definition) is 2. The number of aliphatic hydroxyl groups is 2. The van der Waals surface area contributed by atoms with Crippen LogP contribution in [-0.4, -0.2) is 27.6 Å². The summed E-state index contributed by atoms with van der Waals surface area (Å²) in [5.74, 6) is 0. The van der Waals surface area contributed by atoms with Crippen LogP contribution in [0.5, 0.6) is 0 Å². The lowest BCUT2D eigenvalue weighted by molar-refractivity contribution is 0.0633. The summed E-state index contributed by atoms with van der Waals surface area (Å²) in [6.07, 6.45) is -0.995. The maximum atomic E-state index is 9.07. The lowest BCUT2D eigenvalue weighted by atomic mass is 9.99. The van der Waals surface area contributed by atoms with E-state index in [1.807, 2.05) is 0 Å². The van der Waals surface area contributed by atoms with Crippen LogP contribution in [0.25, 0.3) is 0 Å². The molecule has 0 aromatic rings. The van der Waals surface area contributed by atoms with Gasteiger partial charge in [0.05, 0.1) is 12.2 Å². The Bertz CT molecular complexity index is 79.1. The van der Waals surface area contributed by atoms with E-state index in [0.29, 0.717) is 0 Å². The van der Waals surface area contributed by atoms with Gasteiger partial charge >= 0.3 is 0 Å². The van der Waals surface area contributed by atoms with Crippen molar-refractivity contribution in [1.29, 1.82) is 0 Å². The second-order valence-electron chi connectivity index (χ2n) is 2.72. The third kappa shape index (κ3) is 2.21. The van der Waals surface area contributed by atoms with Crippen molar-refractivity contribution in [1.82, 2.24) is 0 Å². The molecule has 0 spiro atoms. The molecule has 0 aliphatic carbocycles. The quantitative estimate of drug-likeness (QED) is 0.559. The molecule has 9 heavy (non-hydrogen) atoms. The highest BCUT2D eigenvalue weighted by molar-refractivity contribution is 7.19. The Morgan fingerprint density at radius 3 is 1.44 bits per heavy atom. The predicted octanol–water partition coefficient (Wildman–Crippen LogP) is 0.382. The molecule has 0 amide bonds. The zero-order valence-electron chi connectivity index (χ0n) is 6.13. The Hall–Kier alpha value is 0.350. The summed E-state index contributed by atoms with van der Waals surface area (Å²) in [4.78, 5) is 0. The maximum absolute atomic E-state index is 9.07. The Morgan fingerprint density at radius 1 is 1.22 bits per heavy atom. The van der Waals surface area contributed by atoms with Crippen LogP contribution >= 0.6 is 9.24 Å². The minimum absolute atomic E-state index is 0.472. The monoisotopic (exact) mass is 150 g/mol. The van der Waals surface area contributed by atoms with E-state index >= 15 is 0 Å². The van der Waals surface area contributed by atoms with Crippen LogP contribution in [0.1, 0.15) is 20.8 Å². The molecule has 0 radical (unpaired) electrons. The summed E-state index contributed by atoms with van der Waals surface area (Å²) in [6, 6.07) is 0. The van der Waals surface area contributed by atoms with Crippen LogP contribution < -0.4 is 0 Å². The molecule has 3 heteroatoms. The fraction of sp³-hybridized carbons (Fsp3) is 1.00. The maximum Gasteiger partial charge on any atom is 0.0624 e. The van der Waals surface area contributed by atoms with Crippen LogP contribution in [0.2, 0.25) is 0 Å². The van der Waals surface area contributed by atoms with Gasteiger partial charge in [-0.15, -0.1) is 9.24 Å². The van der Waals surface area contributed by atoms with Crippen molar-refractivity contribution in [2.45, 2.75) is 38.1 Å². The Labute approximate surface area is 58.5 Å². The molecule has 0 saturated heterocycles. The SMILES string of the molecule is CC(O)C(C)(P)C(C)O. The van der Waals surface area contributed by atoms with E-state index in [-0.39, 0.29) is 0 Å². The second-order valence-corrected chi connectivity index (χ2v) is 3.96. The molecule has 0 rings (SSSR count). The van der Waals surface area contributed by atoms with E-state index in [1.54, 1.807) is 20.8 Å². The standard InChI is InChI=1S/C6H15O2P/c1-4(7)6(3,9)5(2)8/h4-5,7-8H,9H2,1-3H3. The molecule has 0 bridgehead atoms. The third-order valence-electron chi connectivity index (χ3n) is 1.80. The third-order valence-corrected chi connectivity index (χ3v) is 2.77. The molecule has 0 heterocycles. The van der Waals surface area contributed by atoms with Crippen LogP contribution in [0.4, 0.5) is 0 Å². The van der Waals surface area contributed by atoms with Crippen LogP contribution in [0, 0.1) is 0 Å². The van der Waals surface area contributed by atoms with Crippen molar-refractivity contribution in [2.24, 2.45) is 0 Å². The Kier molecular flexibility index (Phi) is 3.07. The predicted molar refractivity (Wildman–Crippen MR) is 41.5 cm³/mol. The van der Waals surface area contributed by atoms with Crippen LogP contribution in [0.15, 0.2) is 0 Å². The van der Waals surface area contributed by atoms with E-state index in [2.05, 4.69) is 9.24 Å². The lowest BCUT2D eigenvalue weighted by Gasteiger charge is -2.30. The van der Waals surface area contributed by atoms with Gasteiger partial charge in [0, 0.05) is 5.16 Å². The number of aliphatic hydroxyl groups excluding tert-OH is 2. The summed E-state index contributed by atoms with van der Waals surface area (Å²) in [6.45, 7) is 5.13. The van der Waals surface area contributed by atoms with Gasteiger partial charge in [-0.2, -0.15) is 0 Å². The summed E-state index contributed by atoms with van der Waals surface area (Å²) in [7, 11) is 2.45. The van der Waals surface area contributed by atoms with Crippen molar-refractivity contribution >= 4 is 9.24 Å². The highest BCUT2D eigenvalue weighted by Gasteiger charge is 2.29. The number of rotatable bonds is 2. The molecular formula is C6H15O2P. The van der Waals surface area contributed by atoms with Gasteiger partial charge in [-0.05, 0) is 13.8 Å². The van der Waals surface area contributed by atoms with Crippen LogP contribution in [0.3, 0.4) is 0 Å². The molecule has 3 unspecified atom stereocenters. The second kappa shape index (κ2) is 2.96. The molecule has 0 fully saturated rings. The van der Waals surface area contributed by atoms with Crippen molar-refractivity contribution < 1.29 is 10.2 Å². The molecule has 56 valence electrons. The minimum atomic E-state index is -0.498. The Balaban J connectivity index is 4.01. The van der Waals surface area contributed by atoms with Gasteiger partial charge in [0.2, 0.25) is 0 Å². The summed E-state index contributed by atoms with van der Waals surface area (Å²) in [5, 5.41) is 17.7. The Morgan fingerprint density at radius 2 is 1.44 bits per heavy atom. The van der Waals surface area contributed by atoms with Crippen molar-refractivity contribution in [2.75, 3.05) is 0 Å². The zero-order valence-corrected chi connectivity index (χ0v) is 7.28. The van der Waals surface area contributed by atoms with Gasteiger partial charge in [-0.3, -0.25) is 0 Å². The molecule has 0 saturated carbocycles. The van der Waals surface area contributed by atoms with Gasteiger partial charge in [-0.25, -0.2) is 0 Å². The van der Waals surface area contributed by atoms with Crippen LogP contribution in [-0.2, 0) is 0 Å². The highest BCUT2D eigenvalue weighted by Crippen LogP contribution is 2.25. The van der Waals surface area contributed by atoms with Gasteiger partial charge in [-0.1, -0.05) is 6.92 Å². The van der Waals surface area contributed by atoms with E-state index < -0.39 is 17.4 Å². The first-order chi connectivity index (χ1) is 3.89. The smallest absolute Gasteiger partial charge is 0.0624 e. The molecule has 2 N–H and O–H groups in total. The van der Waals surface area contributed by atoms with Gasteiger partial charge in [0.25, 0.3) is 0 Å². The zero-order chi connectivity index (χ0) is 7.65. The van der Waals surface area contributed by atoms with Gasteiger partial charge < -0.3 is 10.2 Å². The van der Waals surface area contributed by atoms with Gasteiger partial charge in [0.1, 0.15) is 0 Å². The van der Waals surface area contributed by atoms with E-state index in [1.165, 1.54) is 0 Å². The molecule has 0 aromatic carbocycles. The summed E-state index contributed by atoms with van der Waals surface area (Å²) < 4.78 is 0. The molecule has 0 aliphatic heterocycles. The molecular weight excluding hydrogens is 135 g/mol. The first-order valence-electron chi connectivity index (χ1n) is 3.04. The van der Waals surface area contributed by atoms with Crippen molar-refractivity contribution in [3.8, 4) is 0 Å². The minimum Gasteiger partial charge on any atom is -0.392 e. The summed E-state index contributed by atoms with van der Waals surface area (Å²) in [5.41, 5.74) is 0. The highest BCUT2D eigenvalue weighted by atomic mass is 31.0. The first-order valence-corrected chi connectivity index (χ1v) is 3.61. The molecule has 0 aliphatic rings. The average Bonchev–Trinajstić information content (AvgIpc) is 1.65. The fourth-order valence-electron chi connectivity index (χ4n) is 0.349. The topological polar surface area (TPSA) is 40.5 Å². The van der Waals surface area contributed by atoms with E-state index in [9.17, 15) is 0 Å². The number of hydrogen-bond acceptors (Lipinski definition) is 2. The molecule has 3 atom stereocenters. The largest absolute Gasteiger partial charge is 0.392 e. The molecule has 0 aromatic heterocycles. The first kappa shape index (κ1) is 9.35. The lowest BCUT2D eigenvalue weighted by Crippen LogP contribution is -2.40. The van der Waals surface area contributed by atoms with Crippen molar-refractivity contribution in [3.63, 3.8) is 0 Å². The fourth-order valence-corrected chi connectivity index (χ4v) is 0.349.